The van der Waals surface area contributed by atoms with Gasteiger partial charge in [0, 0.05) is 12.0 Å². The number of hydrogen-bond acceptors (Lipinski definition) is 3. The predicted octanol–water partition coefficient (Wildman–Crippen LogP) is 0.996. The number of hydrogen-bond donors (Lipinski definition) is 2. The van der Waals surface area contributed by atoms with Gasteiger partial charge in [-0.2, -0.15) is 0 Å². The van der Waals surface area contributed by atoms with Crippen molar-refractivity contribution in [2.45, 2.75) is 44.6 Å². The van der Waals surface area contributed by atoms with E-state index in [0.717, 1.165) is 51.7 Å². The summed E-state index contributed by atoms with van der Waals surface area (Å²) in [6.45, 7) is 5.31. The van der Waals surface area contributed by atoms with Crippen LogP contribution < -0.4 is 0 Å². The molecule has 1 atom stereocenters. The van der Waals surface area contributed by atoms with Crippen molar-refractivity contribution < 1.29 is 10.2 Å². The van der Waals surface area contributed by atoms with E-state index in [9.17, 15) is 10.2 Å². The third-order valence-electron chi connectivity index (χ3n) is 4.57. The highest BCUT2D eigenvalue weighted by Crippen LogP contribution is 2.50. The Bertz CT molecular complexity index is 228. The van der Waals surface area contributed by atoms with Crippen LogP contribution in [0.2, 0.25) is 0 Å². The first-order chi connectivity index (χ1) is 7.16. The topological polar surface area (TPSA) is 43.7 Å². The van der Waals surface area contributed by atoms with Crippen LogP contribution >= 0.6 is 0 Å². The Morgan fingerprint density at radius 1 is 1.20 bits per heavy atom. The molecule has 0 aromatic rings. The molecule has 0 spiro atoms. The molecule has 3 heteroatoms. The van der Waals surface area contributed by atoms with Gasteiger partial charge in [-0.1, -0.05) is 6.92 Å². The molecule has 15 heavy (non-hydrogen) atoms. The summed E-state index contributed by atoms with van der Waals surface area (Å²) < 4.78 is 0. The summed E-state index contributed by atoms with van der Waals surface area (Å²) in [5, 5.41) is 20.2. The van der Waals surface area contributed by atoms with Gasteiger partial charge in [-0.15, -0.1) is 0 Å². The number of aliphatic hydroxyl groups excluding tert-OH is 1. The number of nitrogens with zero attached hydrogens (tertiary/aromatic N) is 1. The van der Waals surface area contributed by atoms with Crippen LogP contribution in [0.25, 0.3) is 0 Å². The van der Waals surface area contributed by atoms with Crippen molar-refractivity contribution in [3.05, 3.63) is 0 Å². The van der Waals surface area contributed by atoms with Crippen molar-refractivity contribution in [2.24, 2.45) is 5.41 Å². The summed E-state index contributed by atoms with van der Waals surface area (Å²) in [5.74, 6) is 0. The molecule has 1 aliphatic carbocycles. The van der Waals surface area contributed by atoms with Crippen molar-refractivity contribution in [2.75, 3.05) is 26.2 Å². The summed E-state index contributed by atoms with van der Waals surface area (Å²) in [4.78, 5) is 2.36. The molecule has 1 heterocycles. The molecule has 0 aromatic heterocycles. The van der Waals surface area contributed by atoms with E-state index in [-0.39, 0.29) is 12.0 Å². The number of likely N-dealkylation sites (tertiary alicyclic amines) is 1. The van der Waals surface area contributed by atoms with Crippen LogP contribution in [0.3, 0.4) is 0 Å². The Morgan fingerprint density at radius 2 is 1.93 bits per heavy atom. The van der Waals surface area contributed by atoms with Gasteiger partial charge in [0.15, 0.2) is 0 Å². The maximum absolute atomic E-state index is 10.5. The van der Waals surface area contributed by atoms with E-state index >= 15 is 0 Å². The van der Waals surface area contributed by atoms with Crippen molar-refractivity contribution >= 4 is 0 Å². The molecule has 0 aromatic carbocycles. The summed E-state index contributed by atoms with van der Waals surface area (Å²) >= 11 is 0. The molecule has 1 aliphatic heterocycles. The minimum Gasteiger partial charge on any atom is -0.396 e. The smallest absolute Gasteiger partial charge is 0.0738 e. The first-order valence-electron chi connectivity index (χ1n) is 6.21. The molecule has 1 unspecified atom stereocenters. The van der Waals surface area contributed by atoms with Crippen LogP contribution in [0.5, 0.6) is 0 Å². The highest BCUT2D eigenvalue weighted by atomic mass is 16.3. The van der Waals surface area contributed by atoms with Crippen LogP contribution in [-0.2, 0) is 0 Å². The maximum atomic E-state index is 10.5. The lowest BCUT2D eigenvalue weighted by Crippen LogP contribution is -2.61. The van der Waals surface area contributed by atoms with Crippen LogP contribution in [0.15, 0.2) is 0 Å². The minimum atomic E-state index is -0.574. The molecule has 2 rings (SSSR count). The zero-order valence-corrected chi connectivity index (χ0v) is 9.71. The third-order valence-corrected chi connectivity index (χ3v) is 4.57. The van der Waals surface area contributed by atoms with Crippen molar-refractivity contribution in [1.29, 1.82) is 0 Å². The van der Waals surface area contributed by atoms with E-state index in [4.69, 9.17) is 0 Å². The average molecular weight is 213 g/mol. The predicted molar refractivity (Wildman–Crippen MR) is 59.7 cm³/mol. The molecule has 1 saturated carbocycles. The van der Waals surface area contributed by atoms with E-state index in [0.29, 0.717) is 0 Å². The Kier molecular flexibility index (Phi) is 3.06. The molecule has 0 radical (unpaired) electrons. The maximum Gasteiger partial charge on any atom is 0.0738 e. The second-order valence-corrected chi connectivity index (χ2v) is 5.30. The SMILES string of the molecule is CCN1CCCC(CO)(C2(O)CCC2)C1. The van der Waals surface area contributed by atoms with Gasteiger partial charge < -0.3 is 15.1 Å². The number of rotatable bonds is 3. The average Bonchev–Trinajstić information content (AvgIpc) is 2.25. The molecule has 2 aliphatic rings. The van der Waals surface area contributed by atoms with E-state index < -0.39 is 5.60 Å². The molecular formula is C12H23NO2. The first kappa shape index (κ1) is 11.4. The van der Waals surface area contributed by atoms with Crippen LogP contribution in [0, 0.1) is 5.41 Å². The third kappa shape index (κ3) is 1.71. The van der Waals surface area contributed by atoms with E-state index in [2.05, 4.69) is 11.8 Å². The van der Waals surface area contributed by atoms with Gasteiger partial charge in [0.2, 0.25) is 0 Å². The monoisotopic (exact) mass is 213 g/mol. The molecule has 88 valence electrons. The molecule has 3 nitrogen and oxygen atoms in total. The van der Waals surface area contributed by atoms with Crippen molar-refractivity contribution in [3.8, 4) is 0 Å². The van der Waals surface area contributed by atoms with E-state index in [1.54, 1.807) is 0 Å². The van der Waals surface area contributed by atoms with Gasteiger partial charge in [0.1, 0.15) is 0 Å². The Balaban J connectivity index is 2.13. The van der Waals surface area contributed by atoms with E-state index in [1.165, 1.54) is 0 Å². The molecule has 2 N–H and O–H groups in total. The fourth-order valence-electron chi connectivity index (χ4n) is 3.20. The van der Waals surface area contributed by atoms with Crippen molar-refractivity contribution in [3.63, 3.8) is 0 Å². The fraction of sp³-hybridized carbons (Fsp3) is 1.00. The summed E-state index contributed by atoms with van der Waals surface area (Å²) in [6.07, 6.45) is 4.97. The zero-order chi connectivity index (χ0) is 10.9. The molecular weight excluding hydrogens is 190 g/mol. The van der Waals surface area contributed by atoms with Gasteiger partial charge in [-0.25, -0.2) is 0 Å². The van der Waals surface area contributed by atoms with E-state index in [1.807, 2.05) is 0 Å². The quantitative estimate of drug-likeness (QED) is 0.735. The lowest BCUT2D eigenvalue weighted by molar-refractivity contribution is -0.180. The lowest BCUT2D eigenvalue weighted by atomic mass is 9.58. The van der Waals surface area contributed by atoms with Crippen LogP contribution in [-0.4, -0.2) is 47.0 Å². The molecule has 2 fully saturated rings. The number of aliphatic hydroxyl groups is 2. The molecule has 0 amide bonds. The zero-order valence-electron chi connectivity index (χ0n) is 9.71. The summed E-state index contributed by atoms with van der Waals surface area (Å²) in [7, 11) is 0. The molecule has 1 saturated heterocycles. The lowest BCUT2D eigenvalue weighted by Gasteiger charge is -2.55. The highest BCUT2D eigenvalue weighted by molar-refractivity contribution is 5.06. The molecule has 0 bridgehead atoms. The fourth-order valence-corrected chi connectivity index (χ4v) is 3.20. The second kappa shape index (κ2) is 4.04. The largest absolute Gasteiger partial charge is 0.396 e. The second-order valence-electron chi connectivity index (χ2n) is 5.30. The van der Waals surface area contributed by atoms with Crippen molar-refractivity contribution in [1.82, 2.24) is 4.90 Å². The van der Waals surface area contributed by atoms with Gasteiger partial charge in [-0.05, 0) is 45.2 Å². The Hall–Kier alpha value is -0.120. The van der Waals surface area contributed by atoms with Gasteiger partial charge in [0.05, 0.1) is 12.2 Å². The standard InChI is InChI=1S/C12H23NO2/c1-2-13-8-4-5-11(9-13,10-14)12(15)6-3-7-12/h14-15H,2-10H2,1H3. The minimum absolute atomic E-state index is 0.139. The van der Waals surface area contributed by atoms with Crippen LogP contribution in [0.1, 0.15) is 39.0 Å². The number of piperidine rings is 1. The summed E-state index contributed by atoms with van der Waals surface area (Å²) in [5.41, 5.74) is -0.810. The Labute approximate surface area is 92.1 Å². The first-order valence-corrected chi connectivity index (χ1v) is 6.21. The normalized spacial score (nSPS) is 36.2. The highest BCUT2D eigenvalue weighted by Gasteiger charge is 2.54. The summed E-state index contributed by atoms with van der Waals surface area (Å²) in [6, 6.07) is 0. The van der Waals surface area contributed by atoms with Crippen LogP contribution in [0.4, 0.5) is 0 Å². The Morgan fingerprint density at radius 3 is 2.40 bits per heavy atom. The van der Waals surface area contributed by atoms with Gasteiger partial charge >= 0.3 is 0 Å². The van der Waals surface area contributed by atoms with Gasteiger partial charge in [0.25, 0.3) is 0 Å². The van der Waals surface area contributed by atoms with Gasteiger partial charge in [-0.3, -0.25) is 0 Å².